The normalized spacial score (nSPS) is 10.6. The van der Waals surface area contributed by atoms with E-state index in [1.165, 1.54) is 19.4 Å². The number of ether oxygens (including phenoxy) is 1. The summed E-state index contributed by atoms with van der Waals surface area (Å²) in [6.45, 7) is 0. The summed E-state index contributed by atoms with van der Waals surface area (Å²) in [7, 11) is 1.51. The molecule has 19 heavy (non-hydrogen) atoms. The van der Waals surface area contributed by atoms with E-state index >= 15 is 0 Å². The Morgan fingerprint density at radius 3 is 2.63 bits per heavy atom. The highest BCUT2D eigenvalue weighted by molar-refractivity contribution is 6.33. The number of hydrogen-bond donors (Lipinski definition) is 2. The number of phenols is 1. The SMILES string of the molecule is COc1cc(O)c(C=NNc2ccccc2)c(Cl)c1. The summed E-state index contributed by atoms with van der Waals surface area (Å²) in [6.07, 6.45) is 1.46. The van der Waals surface area contributed by atoms with Gasteiger partial charge in [-0.05, 0) is 18.2 Å². The number of phenolic OH excluding ortho intramolecular Hbond substituents is 1. The molecule has 5 heteroatoms. The van der Waals surface area contributed by atoms with Crippen LogP contribution in [-0.2, 0) is 0 Å². The lowest BCUT2D eigenvalue weighted by Crippen LogP contribution is -1.92. The predicted octanol–water partition coefficient (Wildman–Crippen LogP) is 3.50. The fourth-order valence-electron chi connectivity index (χ4n) is 1.51. The van der Waals surface area contributed by atoms with E-state index in [9.17, 15) is 5.11 Å². The largest absolute Gasteiger partial charge is 0.507 e. The van der Waals surface area contributed by atoms with Crippen molar-refractivity contribution in [2.45, 2.75) is 0 Å². The third-order valence-electron chi connectivity index (χ3n) is 2.48. The average Bonchev–Trinajstić information content (AvgIpc) is 2.42. The number of hydrogen-bond acceptors (Lipinski definition) is 4. The molecule has 0 heterocycles. The highest BCUT2D eigenvalue weighted by Crippen LogP contribution is 2.29. The zero-order chi connectivity index (χ0) is 13.7. The molecule has 0 aromatic heterocycles. The molecular formula is C14H13ClN2O2. The van der Waals surface area contributed by atoms with Crippen LogP contribution in [0.3, 0.4) is 0 Å². The second-order valence-electron chi connectivity index (χ2n) is 3.78. The maximum absolute atomic E-state index is 9.82. The number of rotatable bonds is 4. The van der Waals surface area contributed by atoms with Gasteiger partial charge in [0.15, 0.2) is 0 Å². The minimum absolute atomic E-state index is 0.0166. The number of anilines is 1. The van der Waals surface area contributed by atoms with E-state index in [0.717, 1.165) is 5.69 Å². The monoisotopic (exact) mass is 276 g/mol. The van der Waals surface area contributed by atoms with Gasteiger partial charge >= 0.3 is 0 Å². The van der Waals surface area contributed by atoms with Gasteiger partial charge in [-0.25, -0.2) is 0 Å². The Morgan fingerprint density at radius 2 is 2.00 bits per heavy atom. The molecule has 4 nitrogen and oxygen atoms in total. The van der Waals surface area contributed by atoms with Gasteiger partial charge in [-0.15, -0.1) is 0 Å². The number of nitrogens with zero attached hydrogens (tertiary/aromatic N) is 1. The van der Waals surface area contributed by atoms with Crippen molar-refractivity contribution in [2.24, 2.45) is 5.10 Å². The maximum Gasteiger partial charge on any atom is 0.129 e. The maximum atomic E-state index is 9.82. The van der Waals surface area contributed by atoms with Crippen molar-refractivity contribution in [1.82, 2.24) is 0 Å². The van der Waals surface area contributed by atoms with Crippen LogP contribution < -0.4 is 10.2 Å². The van der Waals surface area contributed by atoms with Gasteiger partial charge in [-0.2, -0.15) is 5.10 Å². The molecule has 0 amide bonds. The molecular weight excluding hydrogens is 264 g/mol. The highest BCUT2D eigenvalue weighted by Gasteiger charge is 2.07. The zero-order valence-electron chi connectivity index (χ0n) is 10.3. The molecule has 0 bridgehead atoms. The molecule has 98 valence electrons. The first-order valence-electron chi connectivity index (χ1n) is 5.61. The van der Waals surface area contributed by atoms with Crippen LogP contribution in [-0.4, -0.2) is 18.4 Å². The van der Waals surface area contributed by atoms with Crippen LogP contribution >= 0.6 is 11.6 Å². The van der Waals surface area contributed by atoms with E-state index in [1.807, 2.05) is 30.3 Å². The number of halogens is 1. The molecule has 2 N–H and O–H groups in total. The first-order chi connectivity index (χ1) is 9.20. The van der Waals surface area contributed by atoms with Gasteiger partial charge in [0.05, 0.1) is 29.6 Å². The van der Waals surface area contributed by atoms with Crippen molar-refractivity contribution in [1.29, 1.82) is 0 Å². The molecule has 0 saturated heterocycles. The minimum Gasteiger partial charge on any atom is -0.507 e. The molecule has 0 fully saturated rings. The summed E-state index contributed by atoms with van der Waals surface area (Å²) in [5.74, 6) is 0.513. The highest BCUT2D eigenvalue weighted by atomic mass is 35.5. The number of para-hydroxylation sites is 1. The molecule has 0 aliphatic heterocycles. The molecule has 0 spiro atoms. The lowest BCUT2D eigenvalue weighted by atomic mass is 10.2. The van der Waals surface area contributed by atoms with Gasteiger partial charge in [-0.3, -0.25) is 5.43 Å². The number of aromatic hydroxyl groups is 1. The van der Waals surface area contributed by atoms with E-state index in [4.69, 9.17) is 16.3 Å². The van der Waals surface area contributed by atoms with Gasteiger partial charge in [0, 0.05) is 6.07 Å². The molecule has 2 rings (SSSR count). The van der Waals surface area contributed by atoms with Gasteiger partial charge in [0.2, 0.25) is 0 Å². The first-order valence-corrected chi connectivity index (χ1v) is 5.99. The average molecular weight is 277 g/mol. The van der Waals surface area contributed by atoms with Gasteiger partial charge in [0.1, 0.15) is 11.5 Å². The van der Waals surface area contributed by atoms with Gasteiger partial charge in [-0.1, -0.05) is 29.8 Å². The molecule has 2 aromatic rings. The zero-order valence-corrected chi connectivity index (χ0v) is 11.1. The van der Waals surface area contributed by atoms with E-state index in [-0.39, 0.29) is 5.75 Å². The molecule has 2 aromatic carbocycles. The van der Waals surface area contributed by atoms with Crippen LogP contribution in [0, 0.1) is 0 Å². The third kappa shape index (κ3) is 3.39. The fourth-order valence-corrected chi connectivity index (χ4v) is 1.76. The van der Waals surface area contributed by atoms with Crippen molar-refractivity contribution in [2.75, 3.05) is 12.5 Å². The lowest BCUT2D eigenvalue weighted by Gasteiger charge is -2.06. The lowest BCUT2D eigenvalue weighted by molar-refractivity contribution is 0.407. The summed E-state index contributed by atoms with van der Waals surface area (Å²) in [5, 5.41) is 14.2. The third-order valence-corrected chi connectivity index (χ3v) is 2.79. The Hall–Kier alpha value is -2.20. The van der Waals surface area contributed by atoms with E-state index in [1.54, 1.807) is 6.07 Å². The summed E-state index contributed by atoms with van der Waals surface area (Å²) in [5.41, 5.74) is 4.13. The Balaban J connectivity index is 2.15. The predicted molar refractivity (Wildman–Crippen MR) is 77.3 cm³/mol. The summed E-state index contributed by atoms with van der Waals surface area (Å²) in [6, 6.07) is 12.6. The quantitative estimate of drug-likeness (QED) is 0.664. The van der Waals surface area contributed by atoms with Crippen LogP contribution in [0.1, 0.15) is 5.56 Å². The molecule has 0 atom stereocenters. The van der Waals surface area contributed by atoms with E-state index in [2.05, 4.69) is 10.5 Å². The number of methoxy groups -OCH3 is 1. The Kier molecular flexibility index (Phi) is 4.26. The molecule has 0 aliphatic carbocycles. The van der Waals surface area contributed by atoms with Crippen molar-refractivity contribution in [3.8, 4) is 11.5 Å². The van der Waals surface area contributed by atoms with Crippen LogP contribution in [0.2, 0.25) is 5.02 Å². The summed E-state index contributed by atoms with van der Waals surface area (Å²) >= 11 is 6.04. The van der Waals surface area contributed by atoms with Crippen molar-refractivity contribution >= 4 is 23.5 Å². The first kappa shape index (κ1) is 13.2. The summed E-state index contributed by atoms with van der Waals surface area (Å²) in [4.78, 5) is 0. The smallest absolute Gasteiger partial charge is 0.129 e. The Labute approximate surface area is 116 Å². The van der Waals surface area contributed by atoms with Crippen LogP contribution in [0.15, 0.2) is 47.6 Å². The standard InChI is InChI=1S/C14H13ClN2O2/c1-19-11-7-13(15)12(14(18)8-11)9-16-17-10-5-3-2-4-6-10/h2-9,17-18H,1H3. The van der Waals surface area contributed by atoms with E-state index < -0.39 is 0 Å². The number of benzene rings is 2. The Bertz CT molecular complexity index is 562. The van der Waals surface area contributed by atoms with Crippen LogP contribution in [0.5, 0.6) is 11.5 Å². The second kappa shape index (κ2) is 6.11. The number of hydrazone groups is 1. The van der Waals surface area contributed by atoms with Gasteiger partial charge in [0.25, 0.3) is 0 Å². The van der Waals surface area contributed by atoms with Crippen molar-refractivity contribution in [3.63, 3.8) is 0 Å². The van der Waals surface area contributed by atoms with Gasteiger partial charge < -0.3 is 9.84 Å². The second-order valence-corrected chi connectivity index (χ2v) is 4.19. The van der Waals surface area contributed by atoms with Crippen molar-refractivity contribution < 1.29 is 9.84 Å². The van der Waals surface area contributed by atoms with Crippen LogP contribution in [0.25, 0.3) is 0 Å². The molecule has 0 radical (unpaired) electrons. The topological polar surface area (TPSA) is 53.9 Å². The molecule has 0 saturated carbocycles. The summed E-state index contributed by atoms with van der Waals surface area (Å²) < 4.78 is 5.00. The van der Waals surface area contributed by atoms with E-state index in [0.29, 0.717) is 16.3 Å². The fraction of sp³-hybridized carbons (Fsp3) is 0.0714. The number of nitrogens with one attached hydrogen (secondary N) is 1. The molecule has 0 aliphatic rings. The Morgan fingerprint density at radius 1 is 1.26 bits per heavy atom. The molecule has 0 unspecified atom stereocenters. The van der Waals surface area contributed by atoms with Crippen molar-refractivity contribution in [3.05, 3.63) is 53.1 Å². The minimum atomic E-state index is 0.0166. The van der Waals surface area contributed by atoms with Crippen LogP contribution in [0.4, 0.5) is 5.69 Å².